The minimum atomic E-state index is -0.591. The van der Waals surface area contributed by atoms with Gasteiger partial charge in [-0.2, -0.15) is 0 Å². The molecular weight excluding hydrogens is 489 g/mol. The number of carbonyl (C=O) groups is 2. The van der Waals surface area contributed by atoms with Gasteiger partial charge in [-0.3, -0.25) is 4.98 Å². The Hall–Kier alpha value is -3.29. The second-order valence-corrected chi connectivity index (χ2v) is 9.98. The molecule has 7 nitrogen and oxygen atoms in total. The van der Waals surface area contributed by atoms with Crippen molar-refractivity contribution in [2.45, 2.75) is 26.4 Å². The highest BCUT2D eigenvalue weighted by molar-refractivity contribution is 6.32. The lowest BCUT2D eigenvalue weighted by Crippen LogP contribution is -2.35. The van der Waals surface area contributed by atoms with Gasteiger partial charge in [0.15, 0.2) is 0 Å². The van der Waals surface area contributed by atoms with E-state index in [2.05, 4.69) is 10.3 Å². The number of anilines is 2. The number of benzene rings is 2. The van der Waals surface area contributed by atoms with E-state index in [-0.39, 0.29) is 11.7 Å². The summed E-state index contributed by atoms with van der Waals surface area (Å²) in [7, 11) is 1.31. The van der Waals surface area contributed by atoms with Crippen molar-refractivity contribution in [1.82, 2.24) is 9.88 Å². The minimum absolute atomic E-state index is 0.286. The summed E-state index contributed by atoms with van der Waals surface area (Å²) in [5.74, 6) is -0.524. The Morgan fingerprint density at radius 3 is 2.51 bits per heavy atom. The van der Waals surface area contributed by atoms with Gasteiger partial charge in [0.2, 0.25) is 0 Å². The summed E-state index contributed by atoms with van der Waals surface area (Å²) in [6, 6.07) is 10.3. The van der Waals surface area contributed by atoms with Crippen LogP contribution in [0, 0.1) is 0 Å². The molecule has 0 aliphatic carbocycles. The Bertz CT molecular complexity index is 1350. The molecule has 0 fully saturated rings. The number of ether oxygens (including phenoxy) is 2. The van der Waals surface area contributed by atoms with Crippen LogP contribution in [0.3, 0.4) is 0 Å². The molecule has 3 aromatic rings. The number of halogens is 2. The van der Waals surface area contributed by atoms with Crippen LogP contribution in [0.25, 0.3) is 16.5 Å². The van der Waals surface area contributed by atoms with Crippen molar-refractivity contribution in [3.05, 3.63) is 69.8 Å². The third kappa shape index (κ3) is 5.52. The zero-order valence-electron chi connectivity index (χ0n) is 19.8. The molecule has 1 aliphatic rings. The molecule has 0 spiro atoms. The summed E-state index contributed by atoms with van der Waals surface area (Å²) in [6.45, 7) is 6.26. The lowest BCUT2D eigenvalue weighted by molar-refractivity contribution is 0.0306. The van der Waals surface area contributed by atoms with Gasteiger partial charge in [0.05, 0.1) is 29.6 Å². The number of nitrogens with one attached hydrogen (secondary N) is 1. The first kappa shape index (κ1) is 24.8. The maximum Gasteiger partial charge on any atom is 0.410 e. The first-order valence-electron chi connectivity index (χ1n) is 11.0. The summed E-state index contributed by atoms with van der Waals surface area (Å²) >= 11 is 12.5. The molecule has 0 unspecified atom stereocenters. The van der Waals surface area contributed by atoms with E-state index in [1.807, 2.05) is 39.0 Å². The Morgan fingerprint density at radius 1 is 1.09 bits per heavy atom. The molecule has 182 valence electrons. The highest BCUT2D eigenvalue weighted by Gasteiger charge is 2.27. The average Bonchev–Trinajstić information content (AvgIpc) is 3.29. The molecule has 1 N–H and O–H groups in total. The summed E-state index contributed by atoms with van der Waals surface area (Å²) in [4.78, 5) is 31.3. The van der Waals surface area contributed by atoms with Crippen molar-refractivity contribution in [3.63, 3.8) is 0 Å². The predicted molar refractivity (Wildman–Crippen MR) is 139 cm³/mol. The lowest BCUT2D eigenvalue weighted by Gasteiger charge is -2.24. The Balaban J connectivity index is 1.77. The van der Waals surface area contributed by atoms with Gasteiger partial charge in [-0.25, -0.2) is 9.59 Å². The van der Waals surface area contributed by atoms with Gasteiger partial charge in [-0.1, -0.05) is 29.3 Å². The molecule has 0 saturated carbocycles. The fraction of sp³-hybridized carbons (Fsp3) is 0.269. The summed E-state index contributed by atoms with van der Waals surface area (Å²) < 4.78 is 10.5. The van der Waals surface area contributed by atoms with Crippen molar-refractivity contribution in [1.29, 1.82) is 0 Å². The van der Waals surface area contributed by atoms with Gasteiger partial charge in [0.1, 0.15) is 5.60 Å². The van der Waals surface area contributed by atoms with Crippen LogP contribution in [0.2, 0.25) is 10.0 Å². The highest BCUT2D eigenvalue weighted by Crippen LogP contribution is 2.37. The van der Waals surface area contributed by atoms with Gasteiger partial charge in [0, 0.05) is 40.3 Å². The molecule has 1 aliphatic heterocycles. The van der Waals surface area contributed by atoms with Crippen LogP contribution < -0.4 is 5.32 Å². The van der Waals surface area contributed by atoms with E-state index in [0.717, 1.165) is 22.0 Å². The maximum atomic E-state index is 12.6. The normalized spacial score (nSPS) is 13.5. The van der Waals surface area contributed by atoms with Crippen LogP contribution in [0.4, 0.5) is 16.2 Å². The van der Waals surface area contributed by atoms with E-state index in [1.54, 1.807) is 35.4 Å². The molecule has 1 aromatic heterocycles. The molecule has 9 heteroatoms. The van der Waals surface area contributed by atoms with Gasteiger partial charge in [0.25, 0.3) is 0 Å². The summed E-state index contributed by atoms with van der Waals surface area (Å²) in [5.41, 5.74) is 3.29. The number of esters is 1. The largest absolute Gasteiger partial charge is 0.465 e. The van der Waals surface area contributed by atoms with E-state index in [0.29, 0.717) is 34.5 Å². The SMILES string of the molecule is COC(=O)c1cc(Cl)ccc1Nc1c(C2=CCN(C(=O)OC(C)(C)C)C2)cnc2ccc(Cl)cc12. The molecule has 0 bridgehead atoms. The Morgan fingerprint density at radius 2 is 1.80 bits per heavy atom. The molecule has 2 aromatic carbocycles. The number of hydrogen-bond donors (Lipinski definition) is 1. The molecule has 0 radical (unpaired) electrons. The van der Waals surface area contributed by atoms with Crippen molar-refractivity contribution < 1.29 is 19.1 Å². The standard InChI is InChI=1S/C26H25Cl2N3O4/c1-26(2,3)35-25(33)31-10-9-15(14-31)20-13-29-21-7-5-16(27)11-18(21)23(20)30-22-8-6-17(28)12-19(22)24(32)34-4/h5-9,11-13H,10,14H2,1-4H3,(H,29,30). The van der Waals surface area contributed by atoms with Crippen LogP contribution >= 0.6 is 23.2 Å². The second-order valence-electron chi connectivity index (χ2n) is 9.11. The molecular formula is C26H25Cl2N3O4. The number of amides is 1. The smallest absolute Gasteiger partial charge is 0.410 e. The second kappa shape index (κ2) is 9.76. The molecule has 1 amide bonds. The van der Waals surface area contributed by atoms with Crippen molar-refractivity contribution in [2.24, 2.45) is 0 Å². The van der Waals surface area contributed by atoms with Crippen LogP contribution in [0.15, 0.2) is 48.7 Å². The number of hydrogen-bond acceptors (Lipinski definition) is 6. The number of methoxy groups -OCH3 is 1. The fourth-order valence-electron chi connectivity index (χ4n) is 3.80. The first-order chi connectivity index (χ1) is 16.6. The third-order valence-electron chi connectivity index (χ3n) is 5.39. The van der Waals surface area contributed by atoms with Crippen molar-refractivity contribution in [2.75, 3.05) is 25.5 Å². The minimum Gasteiger partial charge on any atom is -0.465 e. The summed E-state index contributed by atoms with van der Waals surface area (Å²) in [6.07, 6.45) is 3.32. The third-order valence-corrected chi connectivity index (χ3v) is 5.86. The monoisotopic (exact) mass is 513 g/mol. The van der Waals surface area contributed by atoms with E-state index >= 15 is 0 Å². The van der Waals surface area contributed by atoms with E-state index < -0.39 is 11.6 Å². The number of fused-ring (bicyclic) bond motifs is 1. The molecule has 2 heterocycles. The van der Waals surface area contributed by atoms with Crippen molar-refractivity contribution in [3.8, 4) is 0 Å². The highest BCUT2D eigenvalue weighted by atomic mass is 35.5. The lowest BCUT2D eigenvalue weighted by atomic mass is 10.0. The first-order valence-corrected chi connectivity index (χ1v) is 11.7. The topological polar surface area (TPSA) is 80.8 Å². The predicted octanol–water partition coefficient (Wildman–Crippen LogP) is 6.71. The van der Waals surface area contributed by atoms with E-state index in [4.69, 9.17) is 32.7 Å². The molecule has 4 rings (SSSR count). The van der Waals surface area contributed by atoms with Crippen LogP contribution in [-0.2, 0) is 9.47 Å². The number of nitrogens with zero attached hydrogens (tertiary/aromatic N) is 2. The van der Waals surface area contributed by atoms with Gasteiger partial charge in [-0.05, 0) is 62.7 Å². The van der Waals surface area contributed by atoms with Crippen molar-refractivity contribution >= 4 is 63.1 Å². The number of carbonyl (C=O) groups excluding carboxylic acids is 2. The van der Waals surface area contributed by atoms with Gasteiger partial charge >= 0.3 is 12.1 Å². The molecule has 0 atom stereocenters. The molecule has 35 heavy (non-hydrogen) atoms. The van der Waals surface area contributed by atoms with E-state index in [9.17, 15) is 9.59 Å². The van der Waals surface area contributed by atoms with E-state index in [1.165, 1.54) is 7.11 Å². The van der Waals surface area contributed by atoms with Gasteiger partial charge < -0.3 is 19.7 Å². The average molecular weight is 514 g/mol. The van der Waals surface area contributed by atoms with Gasteiger partial charge in [-0.15, -0.1) is 0 Å². The van der Waals surface area contributed by atoms with Crippen LogP contribution in [0.5, 0.6) is 0 Å². The quantitative estimate of drug-likeness (QED) is 0.390. The van der Waals surface area contributed by atoms with Crippen LogP contribution in [-0.4, -0.2) is 47.7 Å². The number of aromatic nitrogens is 1. The van der Waals surface area contributed by atoms with Crippen LogP contribution in [0.1, 0.15) is 36.7 Å². The number of rotatable bonds is 4. The zero-order chi connectivity index (χ0) is 25.3. The maximum absolute atomic E-state index is 12.6. The Kier molecular flexibility index (Phi) is 6.92. The summed E-state index contributed by atoms with van der Waals surface area (Å²) in [5, 5.41) is 5.09. The fourth-order valence-corrected chi connectivity index (χ4v) is 4.14. The zero-order valence-corrected chi connectivity index (χ0v) is 21.3. The Labute approximate surface area is 213 Å². The number of pyridine rings is 1. The molecule has 0 saturated heterocycles.